The van der Waals surface area contributed by atoms with Crippen LogP contribution in [-0.2, 0) is 0 Å². The molecule has 0 atom stereocenters. The Balaban J connectivity index is 1.99. The van der Waals surface area contributed by atoms with E-state index in [0.29, 0.717) is 5.41 Å². The van der Waals surface area contributed by atoms with Crippen LogP contribution in [0.4, 0.5) is 0 Å². The lowest BCUT2D eigenvalue weighted by atomic mass is 9.64. The van der Waals surface area contributed by atoms with E-state index in [0.717, 1.165) is 44.4 Å². The van der Waals surface area contributed by atoms with Crippen molar-refractivity contribution in [3.63, 3.8) is 0 Å². The first-order valence-electron chi connectivity index (χ1n) is 6.66. The third kappa shape index (κ3) is 1.91. The van der Waals surface area contributed by atoms with Crippen molar-refractivity contribution in [2.45, 2.75) is 64.9 Å². The van der Waals surface area contributed by atoms with Crippen LogP contribution >= 0.6 is 0 Å². The van der Waals surface area contributed by atoms with Crippen molar-refractivity contribution in [3.05, 3.63) is 0 Å². The van der Waals surface area contributed by atoms with Gasteiger partial charge in [0.15, 0.2) is 0 Å². The predicted molar refractivity (Wildman–Crippen MR) is 65.1 cm³/mol. The van der Waals surface area contributed by atoms with E-state index in [4.69, 9.17) is 0 Å². The maximum Gasteiger partial charge on any atom is 0.0725 e. The topological polar surface area (TPSA) is 40.5 Å². The number of rotatable bonds is 2. The second-order valence-corrected chi connectivity index (χ2v) is 7.11. The van der Waals surface area contributed by atoms with Crippen molar-refractivity contribution in [3.8, 4) is 0 Å². The third-order valence-corrected chi connectivity index (χ3v) is 5.18. The highest BCUT2D eigenvalue weighted by molar-refractivity contribution is 5.09. The first kappa shape index (κ1) is 12.4. The summed E-state index contributed by atoms with van der Waals surface area (Å²) in [6.45, 7) is 7.05. The number of aliphatic hydroxyl groups is 2. The summed E-state index contributed by atoms with van der Waals surface area (Å²) in [4.78, 5) is 0. The van der Waals surface area contributed by atoms with E-state index in [-0.39, 0.29) is 12.0 Å². The van der Waals surface area contributed by atoms with E-state index >= 15 is 0 Å². The molecule has 0 aromatic rings. The zero-order valence-corrected chi connectivity index (χ0v) is 10.9. The van der Waals surface area contributed by atoms with Gasteiger partial charge in [0.1, 0.15) is 0 Å². The number of aliphatic hydroxyl groups excluding tert-OH is 1. The average molecular weight is 226 g/mol. The molecular weight excluding hydrogens is 200 g/mol. The van der Waals surface area contributed by atoms with Gasteiger partial charge in [-0.25, -0.2) is 0 Å². The molecule has 2 fully saturated rings. The molecule has 0 bridgehead atoms. The van der Waals surface area contributed by atoms with Crippen LogP contribution in [0.25, 0.3) is 0 Å². The summed E-state index contributed by atoms with van der Waals surface area (Å²) >= 11 is 0. The van der Waals surface area contributed by atoms with Gasteiger partial charge in [-0.1, -0.05) is 20.8 Å². The molecular formula is C14H26O2. The summed E-state index contributed by atoms with van der Waals surface area (Å²) in [5, 5.41) is 20.1. The molecule has 2 rings (SSSR count). The monoisotopic (exact) mass is 226 g/mol. The van der Waals surface area contributed by atoms with Crippen LogP contribution in [0.5, 0.6) is 0 Å². The summed E-state index contributed by atoms with van der Waals surface area (Å²) in [7, 11) is 0. The van der Waals surface area contributed by atoms with Gasteiger partial charge < -0.3 is 10.2 Å². The third-order valence-electron chi connectivity index (χ3n) is 5.18. The minimum Gasteiger partial charge on any atom is -0.396 e. The van der Waals surface area contributed by atoms with Gasteiger partial charge in [-0.2, -0.15) is 0 Å². The fraction of sp³-hybridized carbons (Fsp3) is 1.00. The molecule has 2 aliphatic rings. The molecule has 2 aliphatic carbocycles. The molecule has 0 unspecified atom stereocenters. The number of hydrogen-bond acceptors (Lipinski definition) is 2. The Labute approximate surface area is 99.1 Å². The van der Waals surface area contributed by atoms with Gasteiger partial charge in [-0.3, -0.25) is 0 Å². The van der Waals surface area contributed by atoms with Crippen LogP contribution in [0, 0.1) is 16.7 Å². The van der Waals surface area contributed by atoms with Crippen molar-refractivity contribution in [1.29, 1.82) is 0 Å². The van der Waals surface area contributed by atoms with Gasteiger partial charge in [0.05, 0.1) is 12.2 Å². The molecule has 2 N–H and O–H groups in total. The van der Waals surface area contributed by atoms with Crippen molar-refractivity contribution in [2.75, 3.05) is 6.61 Å². The summed E-state index contributed by atoms with van der Waals surface area (Å²) in [6.07, 6.45) is 6.02. The Morgan fingerprint density at radius 2 is 1.56 bits per heavy atom. The molecule has 0 spiro atoms. The highest BCUT2D eigenvalue weighted by atomic mass is 16.3. The fourth-order valence-electron chi connectivity index (χ4n) is 3.41. The van der Waals surface area contributed by atoms with Crippen molar-refractivity contribution < 1.29 is 10.2 Å². The summed E-state index contributed by atoms with van der Waals surface area (Å²) in [5.41, 5.74) is -0.337. The van der Waals surface area contributed by atoms with E-state index in [9.17, 15) is 10.2 Å². The lowest BCUT2D eigenvalue weighted by molar-refractivity contribution is -0.0968. The quantitative estimate of drug-likeness (QED) is 0.760. The molecule has 0 aromatic heterocycles. The molecule has 0 radical (unpaired) electrons. The minimum atomic E-state index is -0.566. The predicted octanol–water partition coefficient (Wildman–Crippen LogP) is 2.73. The first-order chi connectivity index (χ1) is 7.33. The van der Waals surface area contributed by atoms with Crippen molar-refractivity contribution in [2.24, 2.45) is 16.7 Å². The Morgan fingerprint density at radius 1 is 1.06 bits per heavy atom. The maximum atomic E-state index is 10.7. The maximum absolute atomic E-state index is 10.7. The van der Waals surface area contributed by atoms with Crippen molar-refractivity contribution in [1.82, 2.24) is 0 Å². The van der Waals surface area contributed by atoms with E-state index in [1.165, 1.54) is 0 Å². The summed E-state index contributed by atoms with van der Waals surface area (Å²) < 4.78 is 0. The van der Waals surface area contributed by atoms with E-state index in [1.54, 1.807) is 0 Å². The molecule has 0 amide bonds. The Bertz CT molecular complexity index is 252. The molecule has 0 heterocycles. The smallest absolute Gasteiger partial charge is 0.0725 e. The number of hydrogen-bond donors (Lipinski definition) is 2. The van der Waals surface area contributed by atoms with Gasteiger partial charge in [0, 0.05) is 5.41 Å². The molecule has 0 aliphatic heterocycles. The SMILES string of the molecule is CC(C)(C)C1CCC(O)(C2(CO)CC2)CC1. The van der Waals surface area contributed by atoms with E-state index < -0.39 is 5.60 Å². The largest absolute Gasteiger partial charge is 0.396 e. The molecule has 16 heavy (non-hydrogen) atoms. The van der Waals surface area contributed by atoms with Crippen LogP contribution in [0.2, 0.25) is 0 Å². The van der Waals surface area contributed by atoms with Crippen LogP contribution in [0.15, 0.2) is 0 Å². The zero-order chi connectivity index (χ0) is 12.0. The molecule has 0 saturated heterocycles. The van der Waals surface area contributed by atoms with E-state index in [2.05, 4.69) is 20.8 Å². The molecule has 2 saturated carbocycles. The van der Waals surface area contributed by atoms with Crippen LogP contribution in [0.1, 0.15) is 59.3 Å². The molecule has 94 valence electrons. The van der Waals surface area contributed by atoms with Crippen LogP contribution in [0.3, 0.4) is 0 Å². The second-order valence-electron chi connectivity index (χ2n) is 7.11. The second kappa shape index (κ2) is 3.71. The Morgan fingerprint density at radius 3 is 1.88 bits per heavy atom. The fourth-order valence-corrected chi connectivity index (χ4v) is 3.41. The normalized spacial score (nSPS) is 38.4. The van der Waals surface area contributed by atoms with Gasteiger partial charge in [-0.15, -0.1) is 0 Å². The molecule has 0 aromatic carbocycles. The van der Waals surface area contributed by atoms with Crippen molar-refractivity contribution >= 4 is 0 Å². The van der Waals surface area contributed by atoms with Gasteiger partial charge in [-0.05, 0) is 49.9 Å². The standard InChI is InChI=1S/C14H26O2/c1-12(2,3)11-4-6-14(16,7-5-11)13(10-15)8-9-13/h11,15-16H,4-10H2,1-3H3. The van der Waals surface area contributed by atoms with Gasteiger partial charge in [0.2, 0.25) is 0 Å². The zero-order valence-electron chi connectivity index (χ0n) is 10.9. The first-order valence-corrected chi connectivity index (χ1v) is 6.66. The van der Waals surface area contributed by atoms with E-state index in [1.807, 2.05) is 0 Å². The van der Waals surface area contributed by atoms with Gasteiger partial charge >= 0.3 is 0 Å². The Hall–Kier alpha value is -0.0800. The Kier molecular flexibility index (Phi) is 2.87. The highest BCUT2D eigenvalue weighted by Gasteiger charge is 2.59. The highest BCUT2D eigenvalue weighted by Crippen LogP contribution is 2.59. The lowest BCUT2D eigenvalue weighted by Crippen LogP contribution is -2.46. The lowest BCUT2D eigenvalue weighted by Gasteiger charge is -2.45. The summed E-state index contributed by atoms with van der Waals surface area (Å²) in [6, 6.07) is 0. The minimum absolute atomic E-state index is 0.129. The molecule has 2 nitrogen and oxygen atoms in total. The molecule has 2 heteroatoms. The summed E-state index contributed by atoms with van der Waals surface area (Å²) in [5.74, 6) is 0.724. The van der Waals surface area contributed by atoms with Gasteiger partial charge in [0.25, 0.3) is 0 Å². The average Bonchev–Trinajstić information content (AvgIpc) is 2.97. The van der Waals surface area contributed by atoms with Crippen LogP contribution in [-0.4, -0.2) is 22.4 Å². The van der Waals surface area contributed by atoms with Crippen LogP contribution < -0.4 is 0 Å².